The summed E-state index contributed by atoms with van der Waals surface area (Å²) in [5.41, 5.74) is 2.60. The Hall–Kier alpha value is -2.04. The highest BCUT2D eigenvalue weighted by atomic mass is 35.5. The molecule has 0 aromatic heterocycles. The summed E-state index contributed by atoms with van der Waals surface area (Å²) >= 11 is 12.6. The van der Waals surface area contributed by atoms with Gasteiger partial charge in [0, 0.05) is 28.7 Å². The molecular weight excluding hydrogens is 383 g/mol. The van der Waals surface area contributed by atoms with Crippen LogP contribution in [0.2, 0.25) is 10.0 Å². The predicted octanol–water partition coefficient (Wildman–Crippen LogP) is 4.40. The van der Waals surface area contributed by atoms with E-state index in [1.807, 2.05) is 38.1 Å². The molecule has 0 heterocycles. The Morgan fingerprint density at radius 1 is 1.07 bits per heavy atom. The van der Waals surface area contributed by atoms with Gasteiger partial charge in [-0.05, 0) is 44.0 Å². The molecule has 0 bridgehead atoms. The van der Waals surface area contributed by atoms with Crippen molar-refractivity contribution >= 4 is 35.0 Å². The number of hydrogen-bond acceptors (Lipinski definition) is 2. The van der Waals surface area contributed by atoms with Crippen molar-refractivity contribution in [3.05, 3.63) is 69.2 Å². The topological polar surface area (TPSA) is 49.4 Å². The van der Waals surface area contributed by atoms with Crippen LogP contribution in [0.25, 0.3) is 0 Å². The highest BCUT2D eigenvalue weighted by molar-refractivity contribution is 6.36. The molecule has 0 fully saturated rings. The monoisotopic (exact) mass is 406 g/mol. The van der Waals surface area contributed by atoms with Crippen LogP contribution in [0.5, 0.6) is 0 Å². The maximum atomic E-state index is 13.1. The maximum absolute atomic E-state index is 13.1. The van der Waals surface area contributed by atoms with Crippen molar-refractivity contribution in [1.29, 1.82) is 0 Å². The first-order chi connectivity index (χ1) is 12.8. The Morgan fingerprint density at radius 3 is 2.30 bits per heavy atom. The first-order valence-electron chi connectivity index (χ1n) is 8.89. The third kappa shape index (κ3) is 5.47. The maximum Gasteiger partial charge on any atom is 0.242 e. The van der Waals surface area contributed by atoms with E-state index >= 15 is 0 Å². The fourth-order valence-corrected chi connectivity index (χ4v) is 3.35. The minimum Gasteiger partial charge on any atom is -0.355 e. The molecule has 144 valence electrons. The molecule has 0 aliphatic carbocycles. The van der Waals surface area contributed by atoms with Gasteiger partial charge in [-0.25, -0.2) is 0 Å². The van der Waals surface area contributed by atoms with E-state index in [1.165, 1.54) is 4.90 Å². The molecule has 4 nitrogen and oxygen atoms in total. The first kappa shape index (κ1) is 21.3. The molecule has 0 saturated carbocycles. The Morgan fingerprint density at radius 2 is 1.70 bits per heavy atom. The van der Waals surface area contributed by atoms with Crippen LogP contribution in [0.1, 0.15) is 30.5 Å². The summed E-state index contributed by atoms with van der Waals surface area (Å²) in [5, 5.41) is 3.72. The van der Waals surface area contributed by atoms with Gasteiger partial charge in [-0.15, -0.1) is 0 Å². The van der Waals surface area contributed by atoms with Gasteiger partial charge in [0.05, 0.1) is 6.42 Å². The minimum atomic E-state index is -0.645. The third-order valence-electron chi connectivity index (χ3n) is 4.51. The van der Waals surface area contributed by atoms with Crippen LogP contribution in [0.4, 0.5) is 0 Å². The van der Waals surface area contributed by atoms with Gasteiger partial charge in [-0.1, -0.05) is 53.5 Å². The summed E-state index contributed by atoms with van der Waals surface area (Å²) in [4.78, 5) is 27.0. The third-order valence-corrected chi connectivity index (χ3v) is 5.22. The lowest BCUT2D eigenvalue weighted by Crippen LogP contribution is -2.48. The normalized spacial score (nSPS) is 11.7. The van der Waals surface area contributed by atoms with E-state index in [9.17, 15) is 9.59 Å². The quantitative estimate of drug-likeness (QED) is 0.740. The van der Waals surface area contributed by atoms with Crippen LogP contribution >= 0.6 is 23.2 Å². The van der Waals surface area contributed by atoms with Crippen LogP contribution in [0.15, 0.2) is 42.5 Å². The van der Waals surface area contributed by atoms with Crippen molar-refractivity contribution in [2.75, 3.05) is 6.54 Å². The van der Waals surface area contributed by atoms with E-state index in [0.29, 0.717) is 22.2 Å². The number of carbonyl (C=O) groups is 2. The SMILES string of the molecule is CCNC(=O)[C@@H](C)N(Cc1c(Cl)cccc1Cl)C(=O)Cc1ccccc1C. The Kier molecular flexibility index (Phi) is 7.69. The number of amides is 2. The minimum absolute atomic E-state index is 0.154. The standard InChI is InChI=1S/C21H24Cl2N2O2/c1-4-24-21(27)15(3)25(13-17-18(22)10-7-11-19(17)23)20(26)12-16-9-6-5-8-14(16)2/h5-11,15H,4,12-13H2,1-3H3,(H,24,27)/t15-/m1/s1. The molecule has 2 aromatic carbocycles. The molecule has 2 aromatic rings. The van der Waals surface area contributed by atoms with Gasteiger partial charge in [0.25, 0.3) is 0 Å². The van der Waals surface area contributed by atoms with E-state index in [2.05, 4.69) is 5.32 Å². The number of carbonyl (C=O) groups excluding carboxylic acids is 2. The number of nitrogens with zero attached hydrogens (tertiary/aromatic N) is 1. The molecule has 0 unspecified atom stereocenters. The molecule has 2 rings (SSSR count). The fourth-order valence-electron chi connectivity index (χ4n) is 2.83. The zero-order valence-corrected chi connectivity index (χ0v) is 17.3. The van der Waals surface area contributed by atoms with Crippen LogP contribution in [0, 0.1) is 6.92 Å². The molecule has 1 atom stereocenters. The molecule has 0 aliphatic rings. The zero-order valence-electron chi connectivity index (χ0n) is 15.8. The summed E-state index contributed by atoms with van der Waals surface area (Å²) in [6.45, 7) is 6.18. The van der Waals surface area contributed by atoms with Crippen molar-refractivity contribution in [2.24, 2.45) is 0 Å². The predicted molar refractivity (Wildman–Crippen MR) is 110 cm³/mol. The Bertz CT molecular complexity index is 803. The summed E-state index contributed by atoms with van der Waals surface area (Å²) in [6.07, 6.45) is 0.207. The second kappa shape index (κ2) is 9.77. The summed E-state index contributed by atoms with van der Waals surface area (Å²) in [7, 11) is 0. The lowest BCUT2D eigenvalue weighted by atomic mass is 10.0. The summed E-state index contributed by atoms with van der Waals surface area (Å²) < 4.78 is 0. The molecule has 2 amide bonds. The van der Waals surface area contributed by atoms with Crippen LogP contribution in [-0.4, -0.2) is 29.3 Å². The first-order valence-corrected chi connectivity index (χ1v) is 9.65. The van der Waals surface area contributed by atoms with Crippen LogP contribution in [0.3, 0.4) is 0 Å². The highest BCUT2D eigenvalue weighted by Crippen LogP contribution is 2.27. The average Bonchev–Trinajstić information content (AvgIpc) is 2.63. The van der Waals surface area contributed by atoms with Gasteiger partial charge < -0.3 is 10.2 Å². The van der Waals surface area contributed by atoms with E-state index in [0.717, 1.165) is 11.1 Å². The molecule has 27 heavy (non-hydrogen) atoms. The van der Waals surface area contributed by atoms with Crippen molar-refractivity contribution < 1.29 is 9.59 Å². The number of likely N-dealkylation sites (N-methyl/N-ethyl adjacent to an activating group) is 1. The van der Waals surface area contributed by atoms with Gasteiger partial charge in [0.1, 0.15) is 6.04 Å². The zero-order chi connectivity index (χ0) is 20.0. The van der Waals surface area contributed by atoms with Crippen molar-refractivity contribution in [3.63, 3.8) is 0 Å². The van der Waals surface area contributed by atoms with E-state index in [4.69, 9.17) is 23.2 Å². The number of aryl methyl sites for hydroxylation is 1. The smallest absolute Gasteiger partial charge is 0.242 e. The van der Waals surface area contributed by atoms with Gasteiger partial charge >= 0.3 is 0 Å². The highest BCUT2D eigenvalue weighted by Gasteiger charge is 2.27. The number of halogens is 2. The van der Waals surface area contributed by atoms with Crippen LogP contribution < -0.4 is 5.32 Å². The van der Waals surface area contributed by atoms with E-state index < -0.39 is 6.04 Å². The van der Waals surface area contributed by atoms with Gasteiger partial charge in [-0.2, -0.15) is 0 Å². The van der Waals surface area contributed by atoms with Crippen molar-refractivity contribution in [3.8, 4) is 0 Å². The second-order valence-corrected chi connectivity index (χ2v) is 7.21. The molecular formula is C21H24Cl2N2O2. The fraction of sp³-hybridized carbons (Fsp3) is 0.333. The lowest BCUT2D eigenvalue weighted by Gasteiger charge is -2.29. The summed E-state index contributed by atoms with van der Waals surface area (Å²) in [6, 6.07) is 12.3. The van der Waals surface area contributed by atoms with E-state index in [1.54, 1.807) is 25.1 Å². The molecule has 0 saturated heterocycles. The number of nitrogens with one attached hydrogen (secondary N) is 1. The molecule has 0 spiro atoms. The van der Waals surface area contributed by atoms with Gasteiger partial charge in [0.15, 0.2) is 0 Å². The lowest BCUT2D eigenvalue weighted by molar-refractivity contribution is -0.140. The Balaban J connectivity index is 2.32. The molecule has 6 heteroatoms. The number of hydrogen-bond donors (Lipinski definition) is 1. The van der Waals surface area contributed by atoms with E-state index in [-0.39, 0.29) is 24.8 Å². The second-order valence-electron chi connectivity index (χ2n) is 6.40. The van der Waals surface area contributed by atoms with Crippen molar-refractivity contribution in [2.45, 2.75) is 39.8 Å². The van der Waals surface area contributed by atoms with Crippen molar-refractivity contribution in [1.82, 2.24) is 10.2 Å². The molecule has 0 aliphatic heterocycles. The summed E-state index contributed by atoms with van der Waals surface area (Å²) in [5.74, 6) is -0.363. The number of benzene rings is 2. The van der Waals surface area contributed by atoms with Crippen LogP contribution in [-0.2, 0) is 22.6 Å². The van der Waals surface area contributed by atoms with Gasteiger partial charge in [-0.3, -0.25) is 9.59 Å². The Labute approximate surface area is 170 Å². The molecule has 0 radical (unpaired) electrons. The number of rotatable bonds is 7. The largest absolute Gasteiger partial charge is 0.355 e. The molecule has 1 N–H and O–H groups in total. The average molecular weight is 407 g/mol. The van der Waals surface area contributed by atoms with Gasteiger partial charge in [0.2, 0.25) is 11.8 Å².